The molecule has 1 N–H and O–H groups in total. The number of ketones is 1. The highest BCUT2D eigenvalue weighted by atomic mass is 16.3. The Morgan fingerprint density at radius 1 is 1.10 bits per heavy atom. The first-order chi connectivity index (χ1) is 14.5. The minimum absolute atomic E-state index is 0.0200. The maximum atomic E-state index is 13.1. The van der Waals surface area contributed by atoms with E-state index in [-0.39, 0.29) is 24.3 Å². The molecule has 4 rings (SSSR count). The molecule has 6 nitrogen and oxygen atoms in total. The number of anilines is 1. The highest BCUT2D eigenvalue weighted by molar-refractivity contribution is 6.03. The zero-order valence-electron chi connectivity index (χ0n) is 17.0. The molecule has 0 saturated carbocycles. The maximum absolute atomic E-state index is 13.1. The summed E-state index contributed by atoms with van der Waals surface area (Å²) in [4.78, 5) is 24.9. The first kappa shape index (κ1) is 19.6. The normalized spacial score (nSPS) is 15.7. The van der Waals surface area contributed by atoms with Crippen molar-refractivity contribution in [3.05, 3.63) is 89.4 Å². The Hall–Kier alpha value is -3.67. The molecular weight excluding hydrogens is 378 g/mol. The number of hydrogen-bond acceptors (Lipinski definition) is 5. The Bertz CT molecular complexity index is 1090. The van der Waals surface area contributed by atoms with Gasteiger partial charge in [-0.1, -0.05) is 42.0 Å². The first-order valence-corrected chi connectivity index (χ1v) is 9.87. The Morgan fingerprint density at radius 2 is 1.87 bits per heavy atom. The number of carbonyl (C=O) groups excluding carboxylic acids is 2. The van der Waals surface area contributed by atoms with E-state index in [1.54, 1.807) is 24.5 Å². The van der Waals surface area contributed by atoms with Gasteiger partial charge in [0.25, 0.3) is 5.91 Å². The Kier molecular flexibility index (Phi) is 5.48. The van der Waals surface area contributed by atoms with Crippen molar-refractivity contribution in [3.63, 3.8) is 0 Å². The summed E-state index contributed by atoms with van der Waals surface area (Å²) in [6.07, 6.45) is 2.18. The van der Waals surface area contributed by atoms with E-state index < -0.39 is 0 Å². The third kappa shape index (κ3) is 4.03. The fraction of sp³-hybridized carbons (Fsp3) is 0.208. The average molecular weight is 401 g/mol. The number of rotatable bonds is 6. The number of aryl methyl sites for hydroxylation is 1. The lowest BCUT2D eigenvalue weighted by molar-refractivity contribution is -0.131. The van der Waals surface area contributed by atoms with Crippen LogP contribution in [0.2, 0.25) is 0 Å². The van der Waals surface area contributed by atoms with Gasteiger partial charge in [-0.15, -0.1) is 0 Å². The third-order valence-corrected chi connectivity index (χ3v) is 5.16. The lowest BCUT2D eigenvalue weighted by Crippen LogP contribution is -2.32. The molecular formula is C24H23N3O3. The van der Waals surface area contributed by atoms with Gasteiger partial charge in [0, 0.05) is 17.7 Å². The molecule has 0 saturated heterocycles. The van der Waals surface area contributed by atoms with Gasteiger partial charge in [-0.05, 0) is 43.7 Å². The molecule has 30 heavy (non-hydrogen) atoms. The summed E-state index contributed by atoms with van der Waals surface area (Å²) in [7, 11) is 0. The van der Waals surface area contributed by atoms with E-state index in [4.69, 9.17) is 4.42 Å². The minimum Gasteiger partial charge on any atom is -0.467 e. The van der Waals surface area contributed by atoms with Gasteiger partial charge in [-0.25, -0.2) is 5.01 Å². The van der Waals surface area contributed by atoms with Crippen LogP contribution in [0.25, 0.3) is 0 Å². The van der Waals surface area contributed by atoms with Crippen molar-refractivity contribution in [1.29, 1.82) is 0 Å². The van der Waals surface area contributed by atoms with Crippen molar-refractivity contribution in [1.82, 2.24) is 5.01 Å². The molecule has 0 aliphatic carbocycles. The van der Waals surface area contributed by atoms with Crippen LogP contribution in [0, 0.1) is 6.92 Å². The van der Waals surface area contributed by atoms with Gasteiger partial charge in [-0.2, -0.15) is 5.10 Å². The molecule has 0 fully saturated rings. The van der Waals surface area contributed by atoms with Crippen LogP contribution >= 0.6 is 0 Å². The summed E-state index contributed by atoms with van der Waals surface area (Å²) in [6, 6.07) is 18.6. The van der Waals surface area contributed by atoms with Gasteiger partial charge in [0.1, 0.15) is 11.8 Å². The first-order valence-electron chi connectivity index (χ1n) is 9.87. The van der Waals surface area contributed by atoms with Crippen molar-refractivity contribution in [3.8, 4) is 0 Å². The monoisotopic (exact) mass is 401 g/mol. The number of benzene rings is 2. The zero-order valence-corrected chi connectivity index (χ0v) is 17.0. The largest absolute Gasteiger partial charge is 0.467 e. The number of amides is 1. The smallest absolute Gasteiger partial charge is 0.262 e. The number of nitrogens with one attached hydrogen (secondary N) is 1. The average Bonchev–Trinajstić information content (AvgIpc) is 3.42. The van der Waals surface area contributed by atoms with Gasteiger partial charge < -0.3 is 9.73 Å². The Morgan fingerprint density at radius 3 is 2.57 bits per heavy atom. The molecule has 2 heterocycles. The fourth-order valence-electron chi connectivity index (χ4n) is 3.56. The minimum atomic E-state index is -0.298. The van der Waals surface area contributed by atoms with Crippen LogP contribution in [0.3, 0.4) is 0 Å². The number of nitrogens with zero attached hydrogens (tertiary/aromatic N) is 2. The van der Waals surface area contributed by atoms with Crippen molar-refractivity contribution >= 4 is 23.1 Å². The molecule has 3 aromatic rings. The molecule has 0 spiro atoms. The van der Waals surface area contributed by atoms with Gasteiger partial charge in [-0.3, -0.25) is 9.59 Å². The summed E-state index contributed by atoms with van der Waals surface area (Å²) in [5, 5.41) is 9.20. The second kappa shape index (κ2) is 8.37. The summed E-state index contributed by atoms with van der Waals surface area (Å²) in [5.41, 5.74) is 4.19. The van der Waals surface area contributed by atoms with Crippen LogP contribution in [0.1, 0.15) is 46.6 Å². The van der Waals surface area contributed by atoms with E-state index in [1.165, 1.54) is 17.5 Å². The number of carbonyl (C=O) groups is 2. The number of Topliss-reactive ketones (excluding diaryl/α,β-unsaturated/α-hetero) is 1. The molecule has 0 radical (unpaired) electrons. The van der Waals surface area contributed by atoms with E-state index in [9.17, 15) is 9.59 Å². The van der Waals surface area contributed by atoms with E-state index in [0.29, 0.717) is 23.4 Å². The number of hydrogen-bond donors (Lipinski definition) is 1. The lowest BCUT2D eigenvalue weighted by Gasteiger charge is -2.20. The summed E-state index contributed by atoms with van der Waals surface area (Å²) < 4.78 is 5.58. The van der Waals surface area contributed by atoms with Crippen LogP contribution in [-0.4, -0.2) is 29.0 Å². The topological polar surface area (TPSA) is 74.9 Å². The van der Waals surface area contributed by atoms with Crippen LogP contribution < -0.4 is 5.32 Å². The molecule has 1 unspecified atom stereocenters. The van der Waals surface area contributed by atoms with E-state index in [1.807, 2.05) is 49.4 Å². The number of para-hydroxylation sites is 1. The van der Waals surface area contributed by atoms with Gasteiger partial charge >= 0.3 is 0 Å². The molecule has 1 amide bonds. The van der Waals surface area contributed by atoms with Gasteiger partial charge in [0.2, 0.25) is 0 Å². The molecule has 6 heteroatoms. The third-order valence-electron chi connectivity index (χ3n) is 5.16. The lowest BCUT2D eigenvalue weighted by atomic mass is 10.0. The Balaban J connectivity index is 1.56. The summed E-state index contributed by atoms with van der Waals surface area (Å²) in [5.74, 6) is 0.440. The molecule has 152 valence electrons. The van der Waals surface area contributed by atoms with E-state index in [0.717, 1.165) is 11.3 Å². The molecule has 1 aliphatic heterocycles. The molecule has 1 aliphatic rings. The highest BCUT2D eigenvalue weighted by Crippen LogP contribution is 2.33. The van der Waals surface area contributed by atoms with Crippen molar-refractivity contribution in [2.75, 3.05) is 11.9 Å². The van der Waals surface area contributed by atoms with Crippen LogP contribution in [-0.2, 0) is 4.79 Å². The van der Waals surface area contributed by atoms with Crippen molar-refractivity contribution < 1.29 is 14.0 Å². The highest BCUT2D eigenvalue weighted by Gasteiger charge is 2.34. The van der Waals surface area contributed by atoms with Crippen LogP contribution in [0.5, 0.6) is 0 Å². The summed E-state index contributed by atoms with van der Waals surface area (Å²) in [6.45, 7) is 3.56. The van der Waals surface area contributed by atoms with E-state index in [2.05, 4.69) is 10.4 Å². The number of furan rings is 1. The SMILES string of the molecule is CC(=O)c1ccccc1NCC(=O)N1N=C(c2ccc(C)cc2)CC1c1ccco1. The maximum Gasteiger partial charge on any atom is 0.262 e. The standard InChI is InChI=1S/C24H23N3O3/c1-16-9-11-18(12-10-16)21-14-22(23-8-5-13-30-23)27(26-21)24(29)15-25-20-7-4-3-6-19(20)17(2)28/h3-13,22,25H,14-15H2,1-2H3. The second-order valence-corrected chi connectivity index (χ2v) is 7.34. The molecule has 1 atom stereocenters. The van der Waals surface area contributed by atoms with Gasteiger partial charge in [0.15, 0.2) is 5.78 Å². The van der Waals surface area contributed by atoms with E-state index >= 15 is 0 Å². The van der Waals surface area contributed by atoms with Crippen molar-refractivity contribution in [2.45, 2.75) is 26.3 Å². The molecule has 0 bridgehead atoms. The Labute approximate surface area is 175 Å². The van der Waals surface area contributed by atoms with Crippen molar-refractivity contribution in [2.24, 2.45) is 5.10 Å². The molecule has 1 aromatic heterocycles. The second-order valence-electron chi connectivity index (χ2n) is 7.34. The molecule has 2 aromatic carbocycles. The predicted octanol–water partition coefficient (Wildman–Crippen LogP) is 4.58. The van der Waals surface area contributed by atoms with Gasteiger partial charge in [0.05, 0.1) is 18.5 Å². The van der Waals surface area contributed by atoms with Crippen LogP contribution in [0.4, 0.5) is 5.69 Å². The van der Waals surface area contributed by atoms with Crippen LogP contribution in [0.15, 0.2) is 76.4 Å². The zero-order chi connectivity index (χ0) is 21.1. The predicted molar refractivity (Wildman–Crippen MR) is 116 cm³/mol. The number of hydrazone groups is 1. The quantitative estimate of drug-likeness (QED) is 0.614. The fourth-order valence-corrected chi connectivity index (χ4v) is 3.56. The summed E-state index contributed by atoms with van der Waals surface area (Å²) >= 11 is 0.